The monoisotopic (exact) mass is 529 g/mol. The van der Waals surface area contributed by atoms with E-state index in [-0.39, 0.29) is 4.90 Å². The summed E-state index contributed by atoms with van der Waals surface area (Å²) in [6.45, 7) is 5.96. The van der Waals surface area contributed by atoms with Crippen LogP contribution in [0.2, 0.25) is 5.02 Å². The number of ether oxygens (including phenoxy) is 2. The number of benzene rings is 3. The average Bonchev–Trinajstić information content (AvgIpc) is 2.86. The Morgan fingerprint density at radius 1 is 1.00 bits per heavy atom. The van der Waals surface area contributed by atoms with Crippen molar-refractivity contribution in [2.75, 3.05) is 24.1 Å². The number of aryl methyl sites for hydroxylation is 1. The maximum atomic E-state index is 13.4. The molecule has 3 aromatic carbocycles. The predicted octanol–water partition coefficient (Wildman–Crippen LogP) is 4.79. The summed E-state index contributed by atoms with van der Waals surface area (Å²) >= 11 is 6.15. The normalized spacial score (nSPS) is 11.3. The zero-order chi connectivity index (χ0) is 26.1. The van der Waals surface area contributed by atoms with Crippen molar-refractivity contribution in [2.45, 2.75) is 25.7 Å². The van der Waals surface area contributed by atoms with Crippen molar-refractivity contribution in [1.82, 2.24) is 5.43 Å². The van der Waals surface area contributed by atoms with Crippen molar-refractivity contribution in [1.29, 1.82) is 0 Å². The van der Waals surface area contributed by atoms with Gasteiger partial charge in [-0.2, -0.15) is 5.10 Å². The van der Waals surface area contributed by atoms with Crippen molar-refractivity contribution in [2.24, 2.45) is 5.10 Å². The van der Waals surface area contributed by atoms with E-state index in [0.29, 0.717) is 46.5 Å². The molecule has 0 aliphatic heterocycles. The Morgan fingerprint density at radius 3 is 2.39 bits per heavy atom. The van der Waals surface area contributed by atoms with Gasteiger partial charge in [0, 0.05) is 5.02 Å². The molecule has 0 spiro atoms. The Hall–Kier alpha value is -3.56. The second-order valence-corrected chi connectivity index (χ2v) is 9.92. The number of sulfonamides is 1. The summed E-state index contributed by atoms with van der Waals surface area (Å²) in [5, 5.41) is 4.34. The molecule has 0 aliphatic rings. The third-order valence-electron chi connectivity index (χ3n) is 5.03. The van der Waals surface area contributed by atoms with Crippen LogP contribution in [0.3, 0.4) is 0 Å². The molecule has 8 nitrogen and oxygen atoms in total. The molecular weight excluding hydrogens is 502 g/mol. The van der Waals surface area contributed by atoms with E-state index >= 15 is 0 Å². The van der Waals surface area contributed by atoms with Crippen molar-refractivity contribution >= 4 is 39.4 Å². The van der Waals surface area contributed by atoms with Crippen LogP contribution in [0.4, 0.5) is 5.69 Å². The first kappa shape index (κ1) is 27.0. The Morgan fingerprint density at radius 2 is 1.69 bits per heavy atom. The Kier molecular flexibility index (Phi) is 9.32. The van der Waals surface area contributed by atoms with Crippen LogP contribution in [0.5, 0.6) is 11.5 Å². The molecule has 0 aliphatic carbocycles. The molecule has 0 saturated heterocycles. The second-order valence-electron chi connectivity index (χ2n) is 7.62. The van der Waals surface area contributed by atoms with E-state index in [0.717, 1.165) is 4.31 Å². The number of carbonyl (C=O) groups is 1. The molecule has 36 heavy (non-hydrogen) atoms. The fourth-order valence-electron chi connectivity index (χ4n) is 3.36. The first-order chi connectivity index (χ1) is 17.3. The molecule has 190 valence electrons. The van der Waals surface area contributed by atoms with Crippen molar-refractivity contribution in [3.63, 3.8) is 0 Å². The molecule has 0 atom stereocenters. The van der Waals surface area contributed by atoms with Gasteiger partial charge in [-0.3, -0.25) is 9.10 Å². The smallest absolute Gasteiger partial charge is 0.264 e. The van der Waals surface area contributed by atoms with E-state index < -0.39 is 22.5 Å². The maximum absolute atomic E-state index is 13.4. The van der Waals surface area contributed by atoms with Crippen LogP contribution in [0.15, 0.2) is 76.7 Å². The van der Waals surface area contributed by atoms with Gasteiger partial charge in [-0.15, -0.1) is 0 Å². The number of amides is 1. The van der Waals surface area contributed by atoms with Gasteiger partial charge < -0.3 is 9.47 Å². The van der Waals surface area contributed by atoms with E-state index in [2.05, 4.69) is 10.5 Å². The van der Waals surface area contributed by atoms with Gasteiger partial charge in [0.15, 0.2) is 11.5 Å². The molecule has 0 aromatic heterocycles. The largest absolute Gasteiger partial charge is 0.490 e. The molecular formula is C26H28ClN3O5S. The van der Waals surface area contributed by atoms with E-state index in [4.69, 9.17) is 21.1 Å². The minimum absolute atomic E-state index is 0.0542. The van der Waals surface area contributed by atoms with Gasteiger partial charge in [-0.05, 0) is 74.4 Å². The lowest BCUT2D eigenvalue weighted by Crippen LogP contribution is -2.40. The second kappa shape index (κ2) is 12.4. The van der Waals surface area contributed by atoms with E-state index in [9.17, 15) is 13.2 Å². The zero-order valence-electron chi connectivity index (χ0n) is 20.3. The molecule has 0 heterocycles. The zero-order valence-corrected chi connectivity index (χ0v) is 21.8. The topological polar surface area (TPSA) is 97.3 Å². The van der Waals surface area contributed by atoms with Gasteiger partial charge >= 0.3 is 0 Å². The van der Waals surface area contributed by atoms with Crippen LogP contribution in [0.1, 0.15) is 25.0 Å². The third-order valence-corrected chi connectivity index (χ3v) is 7.04. The van der Waals surface area contributed by atoms with Crippen LogP contribution in [0, 0.1) is 6.92 Å². The SMILES string of the molecule is CCOc1ccc(/C=N\NC(=O)CN(c2cc(Cl)ccc2C)S(=O)(=O)c2ccccc2)cc1OCC. The van der Waals surface area contributed by atoms with Gasteiger partial charge in [-0.25, -0.2) is 13.8 Å². The van der Waals surface area contributed by atoms with Crippen LogP contribution in [-0.4, -0.2) is 40.3 Å². The number of nitrogens with one attached hydrogen (secondary N) is 1. The van der Waals surface area contributed by atoms with Gasteiger partial charge in [0.1, 0.15) is 6.54 Å². The van der Waals surface area contributed by atoms with Crippen LogP contribution in [-0.2, 0) is 14.8 Å². The summed E-state index contributed by atoms with van der Waals surface area (Å²) in [4.78, 5) is 12.8. The standard InChI is InChI=1S/C26H28ClN3O5S/c1-4-34-24-14-12-20(15-25(24)35-5-2)17-28-29-26(31)18-30(23-16-21(27)13-11-19(23)3)36(32,33)22-9-7-6-8-10-22/h6-17H,4-5,18H2,1-3H3,(H,29,31)/b28-17-. The number of nitrogens with zero attached hydrogens (tertiary/aromatic N) is 2. The highest BCUT2D eigenvalue weighted by molar-refractivity contribution is 7.92. The highest BCUT2D eigenvalue weighted by atomic mass is 35.5. The molecule has 0 unspecified atom stereocenters. The Labute approximate surface area is 216 Å². The average molecular weight is 530 g/mol. The van der Waals surface area contributed by atoms with Crippen molar-refractivity contribution in [3.8, 4) is 11.5 Å². The minimum Gasteiger partial charge on any atom is -0.490 e. The van der Waals surface area contributed by atoms with Gasteiger partial charge in [0.25, 0.3) is 15.9 Å². The van der Waals surface area contributed by atoms with Gasteiger partial charge in [-0.1, -0.05) is 35.9 Å². The Balaban J connectivity index is 1.83. The lowest BCUT2D eigenvalue weighted by molar-refractivity contribution is -0.119. The van der Waals surface area contributed by atoms with E-state index in [1.165, 1.54) is 24.4 Å². The number of hydrogen-bond donors (Lipinski definition) is 1. The van der Waals surface area contributed by atoms with Gasteiger partial charge in [0.05, 0.1) is 30.0 Å². The van der Waals surface area contributed by atoms with E-state index in [1.54, 1.807) is 55.5 Å². The third kappa shape index (κ3) is 6.77. The quantitative estimate of drug-likeness (QED) is 0.284. The Bertz CT molecular complexity index is 1330. The molecule has 0 radical (unpaired) electrons. The fourth-order valence-corrected chi connectivity index (χ4v) is 5.03. The van der Waals surface area contributed by atoms with Crippen LogP contribution < -0.4 is 19.2 Å². The molecule has 0 fully saturated rings. The lowest BCUT2D eigenvalue weighted by atomic mass is 10.2. The summed E-state index contributed by atoms with van der Waals surface area (Å²) in [6.07, 6.45) is 1.44. The molecule has 3 rings (SSSR count). The molecule has 3 aromatic rings. The van der Waals surface area contributed by atoms with Crippen LogP contribution >= 0.6 is 11.6 Å². The van der Waals surface area contributed by atoms with Gasteiger partial charge in [0.2, 0.25) is 0 Å². The van der Waals surface area contributed by atoms with E-state index in [1.807, 2.05) is 13.8 Å². The molecule has 1 amide bonds. The number of carbonyl (C=O) groups excluding carboxylic acids is 1. The number of halogens is 1. The molecule has 1 N–H and O–H groups in total. The number of hydrazone groups is 1. The summed E-state index contributed by atoms with van der Waals surface area (Å²) in [5.41, 5.74) is 4.02. The first-order valence-electron chi connectivity index (χ1n) is 11.3. The maximum Gasteiger partial charge on any atom is 0.264 e. The van der Waals surface area contributed by atoms with Crippen molar-refractivity contribution in [3.05, 3.63) is 82.9 Å². The van der Waals surface area contributed by atoms with Crippen molar-refractivity contribution < 1.29 is 22.7 Å². The first-order valence-corrected chi connectivity index (χ1v) is 13.1. The summed E-state index contributed by atoms with van der Waals surface area (Å²) in [7, 11) is -4.06. The summed E-state index contributed by atoms with van der Waals surface area (Å²) < 4.78 is 39.1. The summed E-state index contributed by atoms with van der Waals surface area (Å²) in [5.74, 6) is 0.548. The molecule has 0 saturated carbocycles. The fraction of sp³-hybridized carbons (Fsp3) is 0.231. The molecule has 0 bridgehead atoms. The highest BCUT2D eigenvalue weighted by Gasteiger charge is 2.28. The highest BCUT2D eigenvalue weighted by Crippen LogP contribution is 2.30. The lowest BCUT2D eigenvalue weighted by Gasteiger charge is -2.25. The number of anilines is 1. The predicted molar refractivity (Wildman–Crippen MR) is 142 cm³/mol. The summed E-state index contributed by atoms with van der Waals surface area (Å²) in [6, 6.07) is 18.0. The molecule has 10 heteroatoms. The number of hydrogen-bond acceptors (Lipinski definition) is 6. The number of rotatable bonds is 11. The van der Waals surface area contributed by atoms with Crippen LogP contribution in [0.25, 0.3) is 0 Å². The minimum atomic E-state index is -4.06.